The molecule has 0 spiro atoms. The summed E-state index contributed by atoms with van der Waals surface area (Å²) in [6, 6.07) is 19.2. The summed E-state index contributed by atoms with van der Waals surface area (Å²) < 4.78 is 13.4. The number of amidine groups is 1. The number of likely N-dealkylation sites (N-methyl/N-ethyl adjacent to an activating group) is 1. The van der Waals surface area contributed by atoms with E-state index in [0.29, 0.717) is 36.8 Å². The first-order valence-corrected chi connectivity index (χ1v) is 11.2. The predicted molar refractivity (Wildman–Crippen MR) is 128 cm³/mol. The van der Waals surface area contributed by atoms with Crippen molar-refractivity contribution in [3.8, 4) is 0 Å². The van der Waals surface area contributed by atoms with Gasteiger partial charge in [-0.25, -0.2) is 9.38 Å². The summed E-state index contributed by atoms with van der Waals surface area (Å²) in [7, 11) is 1.94. The van der Waals surface area contributed by atoms with Crippen molar-refractivity contribution >= 4 is 40.4 Å². The number of rotatable bonds is 2. The molecule has 2 aliphatic heterocycles. The van der Waals surface area contributed by atoms with Gasteiger partial charge in [0.2, 0.25) is 0 Å². The molecule has 0 radical (unpaired) electrons. The molecule has 1 N–H and O–H groups in total. The Morgan fingerprint density at radius 1 is 1.06 bits per heavy atom. The van der Waals surface area contributed by atoms with Crippen LogP contribution in [0.5, 0.6) is 0 Å². The zero-order chi connectivity index (χ0) is 23.0. The lowest BCUT2D eigenvalue weighted by molar-refractivity contribution is -0.920. The summed E-state index contributed by atoms with van der Waals surface area (Å²) in [4.78, 5) is 7.22. The lowest BCUT2D eigenvalue weighted by Gasteiger charge is -2.39. The van der Waals surface area contributed by atoms with E-state index >= 15 is 0 Å². The van der Waals surface area contributed by atoms with E-state index in [1.54, 1.807) is 0 Å². The number of hydrogen-bond donors (Lipinski definition) is 1. The second kappa shape index (κ2) is 8.50. The Morgan fingerprint density at radius 3 is 2.55 bits per heavy atom. The fraction of sp³-hybridized carbons (Fsp3) is 0.200. The van der Waals surface area contributed by atoms with Crippen LogP contribution in [0.2, 0.25) is 5.02 Å². The van der Waals surface area contributed by atoms with E-state index in [2.05, 4.69) is 21.4 Å². The van der Waals surface area contributed by atoms with Gasteiger partial charge in [-0.1, -0.05) is 41.0 Å². The van der Waals surface area contributed by atoms with E-state index in [-0.39, 0.29) is 16.3 Å². The first-order chi connectivity index (χ1) is 15.9. The standard InChI is InChI=1S/C25H23ClFN5O/c1-32(30-25(33)17-6-9-19(27)10-7-17)14-12-31(13-15-32)24-20-4-2-3-5-21(20)28-22-11-8-18(26)16-23(22)29-24/h2-11,16H,12-15H2,1H3,(H-,28,29,30,33). The lowest BCUT2D eigenvalue weighted by atomic mass is 10.1. The minimum absolute atomic E-state index is 0.266. The SMILES string of the molecule is C[N+]1(/N=C(\[O-])c2ccc(F)cc2)CCN(C2=Nc3cc(Cl)ccc3Nc3ccccc32)CC1. The number of piperazine rings is 1. The van der Waals surface area contributed by atoms with E-state index < -0.39 is 0 Å². The highest BCUT2D eigenvalue weighted by atomic mass is 35.5. The van der Waals surface area contributed by atoms with Crippen LogP contribution in [0.1, 0.15) is 11.1 Å². The largest absolute Gasteiger partial charge is 0.855 e. The van der Waals surface area contributed by atoms with E-state index in [1.807, 2.05) is 43.4 Å². The number of aliphatic imine (C=N–C) groups is 1. The molecule has 0 saturated carbocycles. The van der Waals surface area contributed by atoms with Crippen molar-refractivity contribution < 1.29 is 14.1 Å². The molecular weight excluding hydrogens is 441 g/mol. The van der Waals surface area contributed by atoms with Gasteiger partial charge in [0.1, 0.15) is 24.7 Å². The van der Waals surface area contributed by atoms with Crippen molar-refractivity contribution in [3.05, 3.63) is 88.7 Å². The molecule has 2 heterocycles. The first-order valence-electron chi connectivity index (χ1n) is 10.8. The number of nitrogens with zero attached hydrogens (tertiary/aromatic N) is 4. The predicted octanol–water partition coefficient (Wildman–Crippen LogP) is 4.10. The van der Waals surface area contributed by atoms with Crippen molar-refractivity contribution in [2.24, 2.45) is 10.1 Å². The van der Waals surface area contributed by atoms with Crippen LogP contribution in [-0.2, 0) is 0 Å². The molecule has 33 heavy (non-hydrogen) atoms. The van der Waals surface area contributed by atoms with Gasteiger partial charge >= 0.3 is 0 Å². The normalized spacial score (nSPS) is 17.4. The summed E-state index contributed by atoms with van der Waals surface area (Å²) in [6.07, 6.45) is 0. The molecule has 0 bridgehead atoms. The van der Waals surface area contributed by atoms with E-state index in [0.717, 1.165) is 28.5 Å². The molecule has 0 atom stereocenters. The van der Waals surface area contributed by atoms with Gasteiger partial charge in [0.25, 0.3) is 0 Å². The Kier molecular flexibility index (Phi) is 5.52. The molecule has 2 aliphatic rings. The monoisotopic (exact) mass is 463 g/mol. The number of benzene rings is 3. The zero-order valence-corrected chi connectivity index (χ0v) is 18.9. The number of para-hydroxylation sites is 1. The topological polar surface area (TPSA) is 63.1 Å². The molecule has 6 nitrogen and oxygen atoms in total. The number of quaternary nitrogens is 1. The molecule has 8 heteroatoms. The average molecular weight is 464 g/mol. The van der Waals surface area contributed by atoms with Crippen LogP contribution in [0, 0.1) is 5.82 Å². The third kappa shape index (κ3) is 4.42. The van der Waals surface area contributed by atoms with Crippen molar-refractivity contribution in [2.75, 3.05) is 38.5 Å². The molecule has 1 saturated heterocycles. The molecule has 0 amide bonds. The van der Waals surface area contributed by atoms with Gasteiger partial charge in [-0.2, -0.15) is 4.59 Å². The second-order valence-corrected chi connectivity index (χ2v) is 8.89. The third-order valence-electron chi connectivity index (χ3n) is 6.05. The molecule has 3 aromatic carbocycles. The van der Waals surface area contributed by atoms with Gasteiger partial charge in [-0.05, 0) is 48.0 Å². The molecule has 3 aromatic rings. The molecule has 168 valence electrons. The van der Waals surface area contributed by atoms with Crippen molar-refractivity contribution in [2.45, 2.75) is 0 Å². The number of fused-ring (bicyclic) bond motifs is 2. The Hall–Kier alpha value is -3.42. The molecule has 0 aliphatic carbocycles. The maximum Gasteiger partial charge on any atom is 0.139 e. The fourth-order valence-electron chi connectivity index (χ4n) is 4.13. The zero-order valence-electron chi connectivity index (χ0n) is 18.1. The molecule has 0 unspecified atom stereocenters. The van der Waals surface area contributed by atoms with Crippen LogP contribution in [0.3, 0.4) is 0 Å². The third-order valence-corrected chi connectivity index (χ3v) is 6.28. The fourth-order valence-corrected chi connectivity index (χ4v) is 4.29. The van der Waals surface area contributed by atoms with Crippen LogP contribution in [0.4, 0.5) is 21.5 Å². The number of hydrogen-bond acceptors (Lipinski definition) is 5. The quantitative estimate of drug-likeness (QED) is 0.353. The van der Waals surface area contributed by atoms with Gasteiger partial charge in [0, 0.05) is 16.3 Å². The van der Waals surface area contributed by atoms with Crippen molar-refractivity contribution in [1.82, 2.24) is 4.90 Å². The highest BCUT2D eigenvalue weighted by Gasteiger charge is 2.32. The maximum atomic E-state index is 13.2. The highest BCUT2D eigenvalue weighted by Crippen LogP contribution is 2.36. The number of nitrogens with one attached hydrogen (secondary N) is 1. The number of halogens is 2. The lowest BCUT2D eigenvalue weighted by Crippen LogP contribution is -2.56. The van der Waals surface area contributed by atoms with Crippen LogP contribution < -0.4 is 10.4 Å². The Morgan fingerprint density at radius 2 is 1.79 bits per heavy atom. The van der Waals surface area contributed by atoms with Crippen molar-refractivity contribution in [1.29, 1.82) is 0 Å². The van der Waals surface area contributed by atoms with Crippen LogP contribution in [0.25, 0.3) is 0 Å². The van der Waals surface area contributed by atoms with Gasteiger partial charge in [0.15, 0.2) is 0 Å². The minimum Gasteiger partial charge on any atom is -0.855 e. The molecule has 1 fully saturated rings. The van der Waals surface area contributed by atoms with E-state index in [1.165, 1.54) is 24.3 Å². The van der Waals surface area contributed by atoms with Crippen LogP contribution in [0.15, 0.2) is 76.8 Å². The maximum absolute atomic E-state index is 13.2. The van der Waals surface area contributed by atoms with E-state index in [9.17, 15) is 9.50 Å². The Labute approximate surface area is 196 Å². The summed E-state index contributed by atoms with van der Waals surface area (Å²) in [5.74, 6) is 0.161. The van der Waals surface area contributed by atoms with Crippen LogP contribution >= 0.6 is 11.6 Å². The second-order valence-electron chi connectivity index (χ2n) is 8.45. The summed E-state index contributed by atoms with van der Waals surface area (Å²) >= 11 is 6.24. The Balaban J connectivity index is 1.42. The smallest absolute Gasteiger partial charge is 0.139 e. The van der Waals surface area contributed by atoms with Gasteiger partial charge in [-0.15, -0.1) is 0 Å². The van der Waals surface area contributed by atoms with Crippen LogP contribution in [-0.4, -0.2) is 54.5 Å². The number of anilines is 2. The summed E-state index contributed by atoms with van der Waals surface area (Å²) in [5, 5.41) is 21.2. The summed E-state index contributed by atoms with van der Waals surface area (Å²) in [5.41, 5.74) is 4.07. The molecule has 5 rings (SSSR count). The minimum atomic E-state index is -0.373. The summed E-state index contributed by atoms with van der Waals surface area (Å²) in [6.45, 7) is 2.65. The van der Waals surface area contributed by atoms with Gasteiger partial charge in [0.05, 0.1) is 37.4 Å². The molecule has 0 aromatic heterocycles. The average Bonchev–Trinajstić information content (AvgIpc) is 2.96. The van der Waals surface area contributed by atoms with Gasteiger partial charge < -0.3 is 15.3 Å². The van der Waals surface area contributed by atoms with Crippen molar-refractivity contribution in [3.63, 3.8) is 0 Å². The molecular formula is C25H23ClFN5O. The first kappa shape index (κ1) is 21.4. The Bertz CT molecular complexity index is 1250. The van der Waals surface area contributed by atoms with E-state index in [4.69, 9.17) is 16.6 Å². The van der Waals surface area contributed by atoms with Gasteiger partial charge in [-0.3, -0.25) is 0 Å². The highest BCUT2D eigenvalue weighted by molar-refractivity contribution is 6.31.